The van der Waals surface area contributed by atoms with Crippen molar-refractivity contribution in [3.8, 4) is 0 Å². The molecular formula is C23H22F3N3O2. The number of halogens is 3. The molecule has 1 fully saturated rings. The lowest BCUT2D eigenvalue weighted by atomic mass is 10.0. The maximum Gasteiger partial charge on any atom is 0.416 e. The van der Waals surface area contributed by atoms with Crippen molar-refractivity contribution in [1.82, 2.24) is 10.9 Å². The number of carbonyl (C=O) groups excluding carboxylic acids is 2. The Bertz CT molecular complexity index is 1100. The Morgan fingerprint density at radius 1 is 1.03 bits per heavy atom. The molecule has 0 atom stereocenters. The summed E-state index contributed by atoms with van der Waals surface area (Å²) in [5.74, 6) is -0.646. The monoisotopic (exact) mass is 429 g/mol. The fraction of sp³-hybridized carbons (Fsp3) is 0.304. The molecule has 2 amide bonds. The number of nitrogens with one attached hydrogen (secondary N) is 2. The zero-order valence-electron chi connectivity index (χ0n) is 17.4. The summed E-state index contributed by atoms with van der Waals surface area (Å²) in [5.41, 5.74) is 7.92. The summed E-state index contributed by atoms with van der Waals surface area (Å²) in [6.45, 7) is 5.34. The molecule has 0 aromatic heterocycles. The van der Waals surface area contributed by atoms with Crippen molar-refractivity contribution in [3.63, 3.8) is 0 Å². The van der Waals surface area contributed by atoms with E-state index in [0.717, 1.165) is 36.1 Å². The average Bonchev–Trinajstić information content (AvgIpc) is 3.47. The topological polar surface area (TPSA) is 61.4 Å². The van der Waals surface area contributed by atoms with E-state index in [2.05, 4.69) is 10.9 Å². The number of rotatable bonds is 4. The van der Waals surface area contributed by atoms with Crippen molar-refractivity contribution in [2.24, 2.45) is 5.92 Å². The van der Waals surface area contributed by atoms with Gasteiger partial charge in [-0.15, -0.1) is 0 Å². The third-order valence-corrected chi connectivity index (χ3v) is 5.41. The molecule has 1 saturated carbocycles. The van der Waals surface area contributed by atoms with Crippen LogP contribution in [-0.4, -0.2) is 11.8 Å². The summed E-state index contributed by atoms with van der Waals surface area (Å²) in [7, 11) is 0. The molecule has 0 bridgehead atoms. The second-order valence-electron chi connectivity index (χ2n) is 8.10. The number of carbonyl (C=O) groups is 2. The fourth-order valence-corrected chi connectivity index (χ4v) is 3.80. The summed E-state index contributed by atoms with van der Waals surface area (Å²) in [6, 6.07) is 8.71. The molecule has 31 heavy (non-hydrogen) atoms. The lowest BCUT2D eigenvalue weighted by molar-refractivity contribution is -0.137. The number of hydrogen-bond acceptors (Lipinski definition) is 3. The largest absolute Gasteiger partial charge is 0.416 e. The van der Waals surface area contributed by atoms with Crippen LogP contribution in [0, 0.1) is 19.8 Å². The van der Waals surface area contributed by atoms with Gasteiger partial charge in [-0.25, -0.2) is 0 Å². The Labute approximate surface area is 177 Å². The Hall–Kier alpha value is -3.29. The number of fused-ring (bicyclic) bond motifs is 1. The van der Waals surface area contributed by atoms with E-state index in [4.69, 9.17) is 0 Å². The van der Waals surface area contributed by atoms with Crippen molar-refractivity contribution < 1.29 is 22.8 Å². The minimum atomic E-state index is -4.54. The molecule has 162 valence electrons. The van der Waals surface area contributed by atoms with E-state index in [1.54, 1.807) is 19.1 Å². The molecule has 2 aliphatic rings. The summed E-state index contributed by atoms with van der Waals surface area (Å²) in [6.07, 6.45) is -2.89. The van der Waals surface area contributed by atoms with Gasteiger partial charge in [0.1, 0.15) is 0 Å². The lowest BCUT2D eigenvalue weighted by Crippen LogP contribution is -2.38. The first-order valence-corrected chi connectivity index (χ1v) is 9.97. The van der Waals surface area contributed by atoms with Crippen LogP contribution in [0.1, 0.15) is 42.0 Å². The molecule has 0 unspecified atom stereocenters. The van der Waals surface area contributed by atoms with Gasteiger partial charge in [-0.3, -0.25) is 19.9 Å². The highest BCUT2D eigenvalue weighted by molar-refractivity contribution is 6.35. The maximum absolute atomic E-state index is 13.4. The highest BCUT2D eigenvalue weighted by Crippen LogP contribution is 2.45. The van der Waals surface area contributed by atoms with Crippen LogP contribution in [-0.2, 0) is 15.8 Å². The minimum Gasteiger partial charge on any atom is -0.302 e. The highest BCUT2D eigenvalue weighted by Gasteiger charge is 2.39. The first-order chi connectivity index (χ1) is 14.6. The Kier molecular flexibility index (Phi) is 5.03. The van der Waals surface area contributed by atoms with Crippen LogP contribution < -0.4 is 15.8 Å². The molecule has 2 N–H and O–H groups in total. The van der Waals surface area contributed by atoms with Gasteiger partial charge in [-0.2, -0.15) is 13.2 Å². The van der Waals surface area contributed by atoms with E-state index in [1.165, 1.54) is 11.0 Å². The highest BCUT2D eigenvalue weighted by atomic mass is 19.4. The summed E-state index contributed by atoms with van der Waals surface area (Å²) in [4.78, 5) is 26.7. The molecule has 4 rings (SSSR count). The van der Waals surface area contributed by atoms with Gasteiger partial charge < -0.3 is 5.43 Å². The molecule has 0 saturated heterocycles. The maximum atomic E-state index is 13.4. The number of allylic oxidation sites excluding steroid dienone is 1. The fourth-order valence-electron chi connectivity index (χ4n) is 3.80. The van der Waals surface area contributed by atoms with Crippen LogP contribution in [0.5, 0.6) is 0 Å². The number of aryl methyl sites for hydroxylation is 2. The Balaban J connectivity index is 1.81. The number of anilines is 2. The molecule has 2 aromatic rings. The van der Waals surface area contributed by atoms with E-state index in [0.29, 0.717) is 16.9 Å². The zero-order valence-corrected chi connectivity index (χ0v) is 17.4. The van der Waals surface area contributed by atoms with Crippen LogP contribution in [0.3, 0.4) is 0 Å². The van der Waals surface area contributed by atoms with E-state index in [-0.39, 0.29) is 23.1 Å². The van der Waals surface area contributed by atoms with Crippen LogP contribution in [0.25, 0.3) is 5.57 Å². The quantitative estimate of drug-likeness (QED) is 0.544. The molecule has 0 spiro atoms. The number of benzene rings is 2. The SMILES string of the molecule is C/C(NNC(=O)C1CC1)=C1/C(=O)N(c2cc(C)cc(C)c2)c2cc(C(F)(F)F)ccc21. The van der Waals surface area contributed by atoms with Crippen LogP contribution >= 0.6 is 0 Å². The van der Waals surface area contributed by atoms with Crippen molar-refractivity contribution in [2.45, 2.75) is 39.8 Å². The number of nitrogens with zero attached hydrogens (tertiary/aromatic N) is 1. The number of alkyl halides is 3. The van der Waals surface area contributed by atoms with Gasteiger partial charge in [0.15, 0.2) is 0 Å². The van der Waals surface area contributed by atoms with Crippen LogP contribution in [0.15, 0.2) is 42.1 Å². The summed E-state index contributed by atoms with van der Waals surface area (Å²) in [5, 5.41) is 0. The number of amides is 2. The predicted octanol–water partition coefficient (Wildman–Crippen LogP) is 4.76. The molecule has 2 aromatic carbocycles. The normalized spacial score (nSPS) is 17.5. The van der Waals surface area contributed by atoms with Gasteiger partial charge in [0.05, 0.1) is 16.8 Å². The summed E-state index contributed by atoms with van der Waals surface area (Å²) >= 11 is 0. The van der Waals surface area contributed by atoms with Gasteiger partial charge in [0.25, 0.3) is 5.91 Å². The summed E-state index contributed by atoms with van der Waals surface area (Å²) < 4.78 is 40.1. The van der Waals surface area contributed by atoms with E-state index >= 15 is 0 Å². The second kappa shape index (κ2) is 7.44. The standard InChI is InChI=1S/C23H22F3N3O2/c1-12-8-13(2)10-17(9-12)29-19-11-16(23(24,25)26)6-7-18(19)20(22(29)31)14(3)27-28-21(30)15-4-5-15/h6-11,15,27H,4-5H2,1-3H3,(H,28,30)/b20-14-. The Morgan fingerprint density at radius 3 is 2.26 bits per heavy atom. The molecule has 1 aliphatic heterocycles. The van der Waals surface area contributed by atoms with Gasteiger partial charge in [0, 0.05) is 22.9 Å². The Morgan fingerprint density at radius 2 is 1.68 bits per heavy atom. The van der Waals surface area contributed by atoms with Gasteiger partial charge >= 0.3 is 6.18 Å². The minimum absolute atomic E-state index is 0.0297. The van der Waals surface area contributed by atoms with Crippen molar-refractivity contribution >= 4 is 28.8 Å². The van der Waals surface area contributed by atoms with Gasteiger partial charge in [-0.05, 0) is 69.0 Å². The molecule has 1 heterocycles. The molecule has 1 aliphatic carbocycles. The first-order valence-electron chi connectivity index (χ1n) is 9.97. The van der Waals surface area contributed by atoms with Crippen LogP contribution in [0.4, 0.5) is 24.5 Å². The third-order valence-electron chi connectivity index (χ3n) is 5.41. The van der Waals surface area contributed by atoms with E-state index in [1.807, 2.05) is 19.9 Å². The van der Waals surface area contributed by atoms with Crippen molar-refractivity contribution in [1.29, 1.82) is 0 Å². The second-order valence-corrected chi connectivity index (χ2v) is 8.10. The van der Waals surface area contributed by atoms with Gasteiger partial charge in [0.2, 0.25) is 5.91 Å². The molecule has 0 radical (unpaired) electrons. The molecule has 5 nitrogen and oxygen atoms in total. The average molecular weight is 429 g/mol. The number of hydrazine groups is 1. The predicted molar refractivity (Wildman–Crippen MR) is 111 cm³/mol. The zero-order chi connectivity index (χ0) is 22.5. The lowest BCUT2D eigenvalue weighted by Gasteiger charge is -2.20. The molecular weight excluding hydrogens is 407 g/mol. The van der Waals surface area contributed by atoms with E-state index < -0.39 is 17.6 Å². The van der Waals surface area contributed by atoms with E-state index in [9.17, 15) is 22.8 Å². The first kappa shape index (κ1) is 21.0. The third kappa shape index (κ3) is 4.02. The van der Waals surface area contributed by atoms with Crippen molar-refractivity contribution in [2.75, 3.05) is 4.90 Å². The van der Waals surface area contributed by atoms with Crippen molar-refractivity contribution in [3.05, 3.63) is 64.3 Å². The van der Waals surface area contributed by atoms with Crippen LogP contribution in [0.2, 0.25) is 0 Å². The van der Waals surface area contributed by atoms with Gasteiger partial charge in [-0.1, -0.05) is 12.1 Å². The number of hydrogen-bond donors (Lipinski definition) is 2. The smallest absolute Gasteiger partial charge is 0.302 e. The molecule has 8 heteroatoms.